The van der Waals surface area contributed by atoms with Crippen LogP contribution in [0.3, 0.4) is 0 Å². The van der Waals surface area contributed by atoms with Crippen molar-refractivity contribution in [2.75, 3.05) is 20.8 Å². The number of ether oxygens (including phenoxy) is 2. The monoisotopic (exact) mass is 473 g/mol. The molecule has 0 radical (unpaired) electrons. The number of rotatable bonds is 7. The molecule has 142 valence electrons. The molecule has 26 heavy (non-hydrogen) atoms. The molecule has 0 saturated heterocycles. The molecule has 0 fully saturated rings. The van der Waals surface area contributed by atoms with E-state index < -0.39 is 0 Å². The summed E-state index contributed by atoms with van der Waals surface area (Å²) in [6.07, 6.45) is 0. The lowest BCUT2D eigenvalue weighted by Crippen LogP contribution is -2.37. The number of para-hydroxylation sites is 1. The zero-order chi connectivity index (χ0) is 18.1. The Morgan fingerprint density at radius 2 is 1.73 bits per heavy atom. The van der Waals surface area contributed by atoms with Gasteiger partial charge in [-0.2, -0.15) is 0 Å². The summed E-state index contributed by atoms with van der Waals surface area (Å²) in [7, 11) is 3.21. The highest BCUT2D eigenvalue weighted by atomic mass is 127. The van der Waals surface area contributed by atoms with Gasteiger partial charge in [-0.15, -0.1) is 24.0 Å². The van der Waals surface area contributed by atoms with Crippen LogP contribution in [0.25, 0.3) is 0 Å². The van der Waals surface area contributed by atoms with Crippen LogP contribution in [-0.4, -0.2) is 26.7 Å². The van der Waals surface area contributed by atoms with Crippen LogP contribution in [0.15, 0.2) is 47.5 Å². The van der Waals surface area contributed by atoms with Crippen molar-refractivity contribution in [1.82, 2.24) is 10.6 Å². The zero-order valence-corrected chi connectivity index (χ0v) is 17.5. The average molecular weight is 473 g/mol. The van der Waals surface area contributed by atoms with Crippen molar-refractivity contribution in [1.29, 1.82) is 0 Å². The molecular weight excluding hydrogens is 448 g/mol. The molecular formula is C19H25FIN3O2. The maximum atomic E-state index is 13.7. The Bertz CT molecular complexity index is 726. The van der Waals surface area contributed by atoms with E-state index in [1.54, 1.807) is 26.4 Å². The van der Waals surface area contributed by atoms with E-state index >= 15 is 0 Å². The molecule has 0 bridgehead atoms. The molecule has 7 heteroatoms. The molecule has 0 amide bonds. The number of methoxy groups -OCH3 is 2. The quantitative estimate of drug-likeness (QED) is 0.366. The lowest BCUT2D eigenvalue weighted by molar-refractivity contribution is 0.352. The lowest BCUT2D eigenvalue weighted by Gasteiger charge is -2.14. The predicted octanol–water partition coefficient (Wildman–Crippen LogP) is 3.72. The Kier molecular flexibility index (Phi) is 9.79. The molecule has 0 heterocycles. The molecule has 0 unspecified atom stereocenters. The zero-order valence-electron chi connectivity index (χ0n) is 15.2. The second-order valence-electron chi connectivity index (χ2n) is 5.29. The van der Waals surface area contributed by atoms with Crippen LogP contribution in [0, 0.1) is 5.82 Å². The van der Waals surface area contributed by atoms with E-state index in [4.69, 9.17) is 9.47 Å². The molecule has 0 spiro atoms. The molecule has 0 aromatic heterocycles. The summed E-state index contributed by atoms with van der Waals surface area (Å²) >= 11 is 0. The molecule has 2 aromatic rings. The largest absolute Gasteiger partial charge is 0.493 e. The Labute approximate surface area is 171 Å². The van der Waals surface area contributed by atoms with Crippen molar-refractivity contribution in [3.8, 4) is 11.5 Å². The predicted molar refractivity (Wildman–Crippen MR) is 113 cm³/mol. The number of hydrogen-bond acceptors (Lipinski definition) is 3. The first-order valence-electron chi connectivity index (χ1n) is 8.15. The van der Waals surface area contributed by atoms with Crippen molar-refractivity contribution in [2.24, 2.45) is 4.99 Å². The number of guanidine groups is 1. The van der Waals surface area contributed by atoms with E-state index in [1.807, 2.05) is 31.2 Å². The fourth-order valence-corrected chi connectivity index (χ4v) is 2.40. The Hall–Kier alpha value is -2.03. The Morgan fingerprint density at radius 3 is 2.38 bits per heavy atom. The summed E-state index contributed by atoms with van der Waals surface area (Å²) in [5.74, 6) is 1.70. The highest BCUT2D eigenvalue weighted by molar-refractivity contribution is 14.0. The smallest absolute Gasteiger partial charge is 0.191 e. The molecule has 0 aliphatic rings. The summed E-state index contributed by atoms with van der Waals surface area (Å²) < 4.78 is 24.5. The number of halogens is 2. The van der Waals surface area contributed by atoms with E-state index in [0.29, 0.717) is 42.7 Å². The molecule has 0 atom stereocenters. The number of nitrogens with one attached hydrogen (secondary N) is 2. The van der Waals surface area contributed by atoms with Crippen LogP contribution >= 0.6 is 24.0 Å². The Balaban J connectivity index is 0.00000338. The number of nitrogens with zero attached hydrogens (tertiary/aromatic N) is 1. The third kappa shape index (κ3) is 6.05. The van der Waals surface area contributed by atoms with E-state index in [0.717, 1.165) is 5.56 Å². The van der Waals surface area contributed by atoms with E-state index in [-0.39, 0.29) is 29.8 Å². The SMILES string of the molecule is CCNC(=NCc1cccc(OC)c1OC)NCc1ccccc1F.I. The summed E-state index contributed by atoms with van der Waals surface area (Å²) in [6.45, 7) is 3.45. The van der Waals surface area contributed by atoms with E-state index in [2.05, 4.69) is 15.6 Å². The summed E-state index contributed by atoms with van der Waals surface area (Å²) in [5, 5.41) is 6.29. The van der Waals surface area contributed by atoms with Gasteiger partial charge in [-0.25, -0.2) is 9.38 Å². The summed E-state index contributed by atoms with van der Waals surface area (Å²) in [6, 6.07) is 12.3. The fourth-order valence-electron chi connectivity index (χ4n) is 2.40. The van der Waals surface area contributed by atoms with Crippen molar-refractivity contribution in [3.63, 3.8) is 0 Å². The minimum absolute atomic E-state index is 0. The van der Waals surface area contributed by atoms with Gasteiger partial charge in [0, 0.05) is 24.2 Å². The van der Waals surface area contributed by atoms with Gasteiger partial charge in [0.2, 0.25) is 0 Å². The maximum absolute atomic E-state index is 13.7. The van der Waals surface area contributed by atoms with Crippen LogP contribution in [0.1, 0.15) is 18.1 Å². The van der Waals surface area contributed by atoms with Gasteiger partial charge in [-0.3, -0.25) is 0 Å². The molecule has 2 N–H and O–H groups in total. The fraction of sp³-hybridized carbons (Fsp3) is 0.316. The second kappa shape index (κ2) is 11.6. The molecule has 0 saturated carbocycles. The molecule has 2 rings (SSSR count). The van der Waals surface area contributed by atoms with Gasteiger partial charge < -0.3 is 20.1 Å². The highest BCUT2D eigenvalue weighted by Crippen LogP contribution is 2.31. The van der Waals surface area contributed by atoms with Gasteiger partial charge in [0.1, 0.15) is 5.82 Å². The summed E-state index contributed by atoms with van der Waals surface area (Å²) in [5.41, 5.74) is 1.50. The minimum atomic E-state index is -0.236. The third-order valence-corrected chi connectivity index (χ3v) is 3.64. The number of benzene rings is 2. The van der Waals surface area contributed by atoms with Crippen molar-refractivity contribution in [2.45, 2.75) is 20.0 Å². The van der Waals surface area contributed by atoms with E-state index in [1.165, 1.54) is 6.07 Å². The first-order valence-corrected chi connectivity index (χ1v) is 8.15. The first-order chi connectivity index (χ1) is 12.2. The van der Waals surface area contributed by atoms with E-state index in [9.17, 15) is 4.39 Å². The van der Waals surface area contributed by atoms with Crippen LogP contribution < -0.4 is 20.1 Å². The molecule has 5 nitrogen and oxygen atoms in total. The van der Waals surface area contributed by atoms with Crippen molar-refractivity contribution >= 4 is 29.9 Å². The maximum Gasteiger partial charge on any atom is 0.191 e. The Morgan fingerprint density at radius 1 is 1.00 bits per heavy atom. The highest BCUT2D eigenvalue weighted by Gasteiger charge is 2.09. The first kappa shape index (κ1) is 22.0. The standard InChI is InChI=1S/C19H24FN3O2.HI/c1-4-21-19(22-12-14-8-5-6-10-16(14)20)23-13-15-9-7-11-17(24-2)18(15)25-3;/h5-11H,4,12-13H2,1-3H3,(H2,21,22,23);1H. The van der Waals surface area contributed by atoms with Crippen molar-refractivity contribution in [3.05, 3.63) is 59.4 Å². The van der Waals surface area contributed by atoms with Crippen LogP contribution in [0.4, 0.5) is 4.39 Å². The second-order valence-corrected chi connectivity index (χ2v) is 5.29. The lowest BCUT2D eigenvalue weighted by atomic mass is 10.2. The molecule has 0 aliphatic carbocycles. The van der Waals surface area contributed by atoms with Crippen molar-refractivity contribution < 1.29 is 13.9 Å². The topological polar surface area (TPSA) is 54.9 Å². The third-order valence-electron chi connectivity index (χ3n) is 3.64. The summed E-state index contributed by atoms with van der Waals surface area (Å²) in [4.78, 5) is 4.55. The van der Waals surface area contributed by atoms with Crippen LogP contribution in [0.2, 0.25) is 0 Å². The van der Waals surface area contributed by atoms with Gasteiger partial charge in [-0.1, -0.05) is 30.3 Å². The average Bonchev–Trinajstić information content (AvgIpc) is 2.64. The van der Waals surface area contributed by atoms with Gasteiger partial charge in [0.25, 0.3) is 0 Å². The number of hydrogen-bond donors (Lipinski definition) is 2. The van der Waals surface area contributed by atoms with Crippen LogP contribution in [0.5, 0.6) is 11.5 Å². The van der Waals surface area contributed by atoms with Gasteiger partial charge in [0.15, 0.2) is 17.5 Å². The van der Waals surface area contributed by atoms with Crippen LogP contribution in [-0.2, 0) is 13.1 Å². The van der Waals surface area contributed by atoms with Gasteiger partial charge in [-0.05, 0) is 19.1 Å². The molecule has 2 aromatic carbocycles. The number of aliphatic imine (C=N–C) groups is 1. The van der Waals surface area contributed by atoms with Gasteiger partial charge >= 0.3 is 0 Å². The normalized spacial score (nSPS) is 10.7. The molecule has 0 aliphatic heterocycles. The van der Waals surface area contributed by atoms with Gasteiger partial charge in [0.05, 0.1) is 20.8 Å². The minimum Gasteiger partial charge on any atom is -0.493 e.